The van der Waals surface area contributed by atoms with Gasteiger partial charge in [-0.15, -0.1) is 0 Å². The van der Waals surface area contributed by atoms with Gasteiger partial charge in [-0.2, -0.15) is 0 Å². The Hall–Kier alpha value is -1.40. The lowest BCUT2D eigenvalue weighted by Crippen LogP contribution is -2.42. The molecular formula is C16H25N3O3. The van der Waals surface area contributed by atoms with E-state index in [4.69, 9.17) is 9.26 Å². The molecule has 6 heteroatoms. The summed E-state index contributed by atoms with van der Waals surface area (Å²) in [5, 5.41) is 7.00. The van der Waals surface area contributed by atoms with E-state index < -0.39 is 0 Å². The summed E-state index contributed by atoms with van der Waals surface area (Å²) in [6.07, 6.45) is 1.80. The molecule has 3 heterocycles. The van der Waals surface area contributed by atoms with Crippen molar-refractivity contribution in [2.24, 2.45) is 5.92 Å². The normalized spacial score (nSPS) is 28.8. The van der Waals surface area contributed by atoms with Gasteiger partial charge in [-0.05, 0) is 46.1 Å². The Morgan fingerprint density at radius 3 is 3.05 bits per heavy atom. The van der Waals surface area contributed by atoms with E-state index in [9.17, 15) is 4.79 Å². The van der Waals surface area contributed by atoms with Crippen LogP contribution in [0.5, 0.6) is 0 Å². The van der Waals surface area contributed by atoms with Gasteiger partial charge in [0.05, 0.1) is 11.8 Å². The number of nitrogens with one attached hydrogen (secondary N) is 1. The van der Waals surface area contributed by atoms with Crippen LogP contribution in [0.3, 0.4) is 0 Å². The third-order valence-electron chi connectivity index (χ3n) is 4.42. The van der Waals surface area contributed by atoms with Gasteiger partial charge in [-0.25, -0.2) is 0 Å². The highest BCUT2D eigenvalue weighted by atomic mass is 16.5. The van der Waals surface area contributed by atoms with Crippen molar-refractivity contribution in [1.29, 1.82) is 0 Å². The van der Waals surface area contributed by atoms with Crippen molar-refractivity contribution in [2.45, 2.75) is 58.4 Å². The van der Waals surface area contributed by atoms with Crippen molar-refractivity contribution in [3.05, 3.63) is 17.5 Å². The number of nitrogens with zero attached hydrogens (tertiary/aromatic N) is 2. The number of carbonyl (C=O) groups excluding carboxylic acids is 1. The molecule has 2 aliphatic rings. The van der Waals surface area contributed by atoms with Crippen molar-refractivity contribution in [3.63, 3.8) is 0 Å². The quantitative estimate of drug-likeness (QED) is 0.913. The van der Waals surface area contributed by atoms with Crippen LogP contribution in [0.25, 0.3) is 0 Å². The number of piperidine rings is 1. The first-order valence-electron chi connectivity index (χ1n) is 8.11. The SMILES string of the molecule is Cc1cc(CN2CC[C@@H]3C[C@@H](C(=O)NC(C)C)O[C@@H]3C2)no1. The fraction of sp³-hybridized carbons (Fsp3) is 0.750. The maximum absolute atomic E-state index is 12.1. The monoisotopic (exact) mass is 307 g/mol. The van der Waals surface area contributed by atoms with Gasteiger partial charge in [-0.1, -0.05) is 5.16 Å². The summed E-state index contributed by atoms with van der Waals surface area (Å²) in [5.74, 6) is 1.37. The topological polar surface area (TPSA) is 67.6 Å². The van der Waals surface area contributed by atoms with Gasteiger partial charge < -0.3 is 14.6 Å². The van der Waals surface area contributed by atoms with Crippen LogP contribution in [-0.2, 0) is 16.1 Å². The lowest BCUT2D eigenvalue weighted by molar-refractivity contribution is -0.133. The molecule has 2 fully saturated rings. The molecule has 2 saturated heterocycles. The molecule has 2 aliphatic heterocycles. The number of rotatable bonds is 4. The molecule has 22 heavy (non-hydrogen) atoms. The van der Waals surface area contributed by atoms with Crippen LogP contribution in [0.1, 0.15) is 38.1 Å². The summed E-state index contributed by atoms with van der Waals surface area (Å²) in [5.41, 5.74) is 0.961. The molecule has 0 bridgehead atoms. The Labute approximate surface area is 131 Å². The maximum Gasteiger partial charge on any atom is 0.249 e. The van der Waals surface area contributed by atoms with Crippen LogP contribution in [0.2, 0.25) is 0 Å². The Balaban J connectivity index is 1.54. The van der Waals surface area contributed by atoms with Crippen LogP contribution in [-0.4, -0.2) is 47.3 Å². The second-order valence-corrected chi connectivity index (χ2v) is 6.77. The Morgan fingerprint density at radius 2 is 2.36 bits per heavy atom. The molecule has 1 aromatic rings. The summed E-state index contributed by atoms with van der Waals surface area (Å²) in [4.78, 5) is 14.4. The van der Waals surface area contributed by atoms with Crippen LogP contribution in [0.15, 0.2) is 10.6 Å². The first kappa shape index (κ1) is 15.5. The Morgan fingerprint density at radius 1 is 1.55 bits per heavy atom. The van der Waals surface area contributed by atoms with Crippen molar-refractivity contribution >= 4 is 5.91 Å². The third kappa shape index (κ3) is 3.50. The number of amides is 1. The number of ether oxygens (including phenoxy) is 1. The molecule has 0 aromatic carbocycles. The van der Waals surface area contributed by atoms with Gasteiger partial charge in [-0.3, -0.25) is 9.69 Å². The molecular weight excluding hydrogens is 282 g/mol. The van der Waals surface area contributed by atoms with Gasteiger partial charge >= 0.3 is 0 Å². The highest BCUT2D eigenvalue weighted by molar-refractivity contribution is 5.81. The lowest BCUT2D eigenvalue weighted by Gasteiger charge is -2.33. The van der Waals surface area contributed by atoms with Gasteiger partial charge in [0.15, 0.2) is 0 Å². The number of carbonyl (C=O) groups is 1. The predicted molar refractivity (Wildman–Crippen MR) is 81.2 cm³/mol. The van der Waals surface area contributed by atoms with Gasteiger partial charge in [0.1, 0.15) is 11.9 Å². The minimum absolute atomic E-state index is 0.0306. The third-order valence-corrected chi connectivity index (χ3v) is 4.42. The summed E-state index contributed by atoms with van der Waals surface area (Å²) < 4.78 is 11.1. The maximum atomic E-state index is 12.1. The van der Waals surface area contributed by atoms with Crippen LogP contribution < -0.4 is 5.32 Å². The molecule has 3 rings (SSSR count). The summed E-state index contributed by atoms with van der Waals surface area (Å²) in [6.45, 7) is 8.52. The van der Waals surface area contributed by atoms with E-state index in [2.05, 4.69) is 15.4 Å². The minimum Gasteiger partial charge on any atom is -0.364 e. The van der Waals surface area contributed by atoms with E-state index >= 15 is 0 Å². The van der Waals surface area contributed by atoms with Gasteiger partial charge in [0.2, 0.25) is 5.91 Å². The first-order valence-corrected chi connectivity index (χ1v) is 8.11. The van der Waals surface area contributed by atoms with E-state index in [-0.39, 0.29) is 24.2 Å². The molecule has 0 saturated carbocycles. The Kier molecular flexibility index (Phi) is 4.49. The molecule has 0 spiro atoms. The van der Waals surface area contributed by atoms with E-state index in [1.807, 2.05) is 26.8 Å². The van der Waals surface area contributed by atoms with Crippen molar-refractivity contribution in [2.75, 3.05) is 13.1 Å². The van der Waals surface area contributed by atoms with Crippen molar-refractivity contribution < 1.29 is 14.1 Å². The summed E-state index contributed by atoms with van der Waals surface area (Å²) in [7, 11) is 0. The molecule has 122 valence electrons. The molecule has 0 unspecified atom stereocenters. The molecule has 1 aromatic heterocycles. The smallest absolute Gasteiger partial charge is 0.249 e. The van der Waals surface area contributed by atoms with Crippen molar-refractivity contribution in [1.82, 2.24) is 15.4 Å². The number of fused-ring (bicyclic) bond motifs is 1. The molecule has 0 aliphatic carbocycles. The fourth-order valence-corrected chi connectivity index (χ4v) is 3.41. The average molecular weight is 307 g/mol. The zero-order valence-electron chi connectivity index (χ0n) is 13.5. The second-order valence-electron chi connectivity index (χ2n) is 6.77. The van der Waals surface area contributed by atoms with Crippen molar-refractivity contribution in [3.8, 4) is 0 Å². The number of hydrogen-bond acceptors (Lipinski definition) is 5. The molecule has 1 amide bonds. The highest BCUT2D eigenvalue weighted by Crippen LogP contribution is 2.33. The van der Waals surface area contributed by atoms with Crippen LogP contribution >= 0.6 is 0 Å². The van der Waals surface area contributed by atoms with E-state index in [1.54, 1.807) is 0 Å². The van der Waals surface area contributed by atoms with E-state index in [0.29, 0.717) is 5.92 Å². The van der Waals surface area contributed by atoms with Crippen LogP contribution in [0.4, 0.5) is 0 Å². The molecule has 6 nitrogen and oxygen atoms in total. The second kappa shape index (κ2) is 6.38. The number of likely N-dealkylation sites (tertiary alicyclic amines) is 1. The Bertz CT molecular complexity index is 528. The molecule has 1 N–H and O–H groups in total. The van der Waals surface area contributed by atoms with E-state index in [1.165, 1.54) is 0 Å². The zero-order valence-corrected chi connectivity index (χ0v) is 13.5. The van der Waals surface area contributed by atoms with E-state index in [0.717, 1.165) is 43.9 Å². The first-order chi connectivity index (χ1) is 10.5. The number of aryl methyl sites for hydroxylation is 1. The standard InChI is InChI=1S/C16H25N3O3/c1-10(2)17-16(20)14-7-12-4-5-19(9-15(12)21-14)8-13-6-11(3)22-18-13/h6,10,12,14-15H,4-5,7-9H2,1-3H3,(H,17,20)/t12-,14+,15-/m1/s1. The highest BCUT2D eigenvalue weighted by Gasteiger charge is 2.41. The van der Waals surface area contributed by atoms with Gasteiger partial charge in [0, 0.05) is 25.2 Å². The van der Waals surface area contributed by atoms with Gasteiger partial charge in [0.25, 0.3) is 0 Å². The largest absolute Gasteiger partial charge is 0.364 e. The average Bonchev–Trinajstić information content (AvgIpc) is 3.04. The lowest BCUT2D eigenvalue weighted by atomic mass is 9.91. The minimum atomic E-state index is -0.286. The fourth-order valence-electron chi connectivity index (χ4n) is 3.41. The zero-order chi connectivity index (χ0) is 15.7. The molecule has 3 atom stereocenters. The predicted octanol–water partition coefficient (Wildman–Crippen LogP) is 1.49. The molecule has 0 radical (unpaired) electrons. The van der Waals surface area contributed by atoms with Crippen LogP contribution in [0, 0.1) is 12.8 Å². The summed E-state index contributed by atoms with van der Waals surface area (Å²) >= 11 is 0. The number of aromatic nitrogens is 1. The number of hydrogen-bond donors (Lipinski definition) is 1. The summed E-state index contributed by atoms with van der Waals surface area (Å²) in [6, 6.07) is 2.13.